The molecule has 1 aromatic carbocycles. The third-order valence-electron chi connectivity index (χ3n) is 3.20. The average Bonchev–Trinajstić information content (AvgIpc) is 3.03. The summed E-state index contributed by atoms with van der Waals surface area (Å²) in [5, 5.41) is 0. The summed E-state index contributed by atoms with van der Waals surface area (Å²) in [4.78, 5) is 16.1. The molecule has 24 heavy (non-hydrogen) atoms. The summed E-state index contributed by atoms with van der Waals surface area (Å²) in [7, 11) is 0. The molecule has 0 atom stereocenters. The molecule has 0 bridgehead atoms. The molecule has 0 radical (unpaired) electrons. The topological polar surface area (TPSA) is 74.2 Å². The van der Waals surface area contributed by atoms with Crippen molar-refractivity contribution in [1.82, 2.24) is 13.7 Å². The van der Waals surface area contributed by atoms with Crippen LogP contribution in [0.3, 0.4) is 0 Å². The standard InChI is InChI=1S/C17H15N3O3S/c1-2-22-17(21)13-9-6-10-18-15(13)23-16-14(19-24-20-16)11-12-7-4-3-5-8-12/h3-10H,2,11H2,1H3. The van der Waals surface area contributed by atoms with Crippen LogP contribution >= 0.6 is 11.7 Å². The minimum Gasteiger partial charge on any atom is -0.462 e. The van der Waals surface area contributed by atoms with Gasteiger partial charge < -0.3 is 9.47 Å². The van der Waals surface area contributed by atoms with E-state index in [1.807, 2.05) is 30.3 Å². The van der Waals surface area contributed by atoms with E-state index in [-0.39, 0.29) is 18.1 Å². The number of pyridine rings is 1. The van der Waals surface area contributed by atoms with Crippen LogP contribution in [-0.2, 0) is 11.2 Å². The van der Waals surface area contributed by atoms with Crippen molar-refractivity contribution in [3.63, 3.8) is 0 Å². The molecule has 0 spiro atoms. The molecule has 0 N–H and O–H groups in total. The molecular weight excluding hydrogens is 326 g/mol. The summed E-state index contributed by atoms with van der Waals surface area (Å²) in [5.74, 6) is 0.0412. The fourth-order valence-corrected chi connectivity index (χ4v) is 2.60. The third kappa shape index (κ3) is 3.75. The number of carbonyl (C=O) groups is 1. The number of rotatable bonds is 6. The van der Waals surface area contributed by atoms with E-state index in [0.717, 1.165) is 17.3 Å². The van der Waals surface area contributed by atoms with Gasteiger partial charge in [-0.3, -0.25) is 0 Å². The highest BCUT2D eigenvalue weighted by molar-refractivity contribution is 6.99. The second-order valence-corrected chi connectivity index (χ2v) is 5.39. The van der Waals surface area contributed by atoms with E-state index >= 15 is 0 Å². The van der Waals surface area contributed by atoms with Gasteiger partial charge in [-0.15, -0.1) is 4.37 Å². The third-order valence-corrected chi connectivity index (χ3v) is 3.75. The molecule has 3 aromatic rings. The van der Waals surface area contributed by atoms with Crippen LogP contribution in [0.25, 0.3) is 0 Å². The minimum absolute atomic E-state index is 0.165. The highest BCUT2D eigenvalue weighted by atomic mass is 32.1. The van der Waals surface area contributed by atoms with Crippen molar-refractivity contribution < 1.29 is 14.3 Å². The molecule has 2 aromatic heterocycles. The lowest BCUT2D eigenvalue weighted by atomic mass is 10.1. The van der Waals surface area contributed by atoms with Gasteiger partial charge in [0.15, 0.2) is 0 Å². The van der Waals surface area contributed by atoms with Gasteiger partial charge in [-0.1, -0.05) is 30.3 Å². The predicted octanol–water partition coefficient (Wildman–Crippen LogP) is 3.49. The fraction of sp³-hybridized carbons (Fsp3) is 0.176. The van der Waals surface area contributed by atoms with Gasteiger partial charge in [0.1, 0.15) is 11.3 Å². The number of aromatic nitrogens is 3. The Balaban J connectivity index is 1.83. The van der Waals surface area contributed by atoms with Crippen LogP contribution in [0.5, 0.6) is 11.8 Å². The first-order valence-electron chi connectivity index (χ1n) is 7.43. The van der Waals surface area contributed by atoms with Crippen molar-refractivity contribution in [1.29, 1.82) is 0 Å². The molecule has 0 fully saturated rings. The van der Waals surface area contributed by atoms with Crippen molar-refractivity contribution in [2.24, 2.45) is 0 Å². The predicted molar refractivity (Wildman–Crippen MR) is 89.4 cm³/mol. The van der Waals surface area contributed by atoms with Crippen LogP contribution in [0.15, 0.2) is 48.7 Å². The van der Waals surface area contributed by atoms with E-state index in [2.05, 4.69) is 13.7 Å². The van der Waals surface area contributed by atoms with Crippen molar-refractivity contribution in [2.75, 3.05) is 6.61 Å². The zero-order chi connectivity index (χ0) is 16.8. The molecule has 0 amide bonds. The minimum atomic E-state index is -0.478. The average molecular weight is 341 g/mol. The smallest absolute Gasteiger partial charge is 0.343 e. The molecule has 0 saturated heterocycles. The summed E-state index contributed by atoms with van der Waals surface area (Å²) in [6.07, 6.45) is 2.14. The maximum absolute atomic E-state index is 12.0. The van der Waals surface area contributed by atoms with Gasteiger partial charge in [-0.2, -0.15) is 4.37 Å². The van der Waals surface area contributed by atoms with Crippen molar-refractivity contribution in [3.05, 3.63) is 65.5 Å². The van der Waals surface area contributed by atoms with Crippen LogP contribution in [0, 0.1) is 0 Å². The molecule has 0 aliphatic heterocycles. The van der Waals surface area contributed by atoms with Gasteiger partial charge in [0.05, 0.1) is 18.3 Å². The number of carbonyl (C=O) groups excluding carboxylic acids is 1. The normalized spacial score (nSPS) is 10.4. The van der Waals surface area contributed by atoms with E-state index in [4.69, 9.17) is 9.47 Å². The Morgan fingerprint density at radius 2 is 1.92 bits per heavy atom. The first kappa shape index (κ1) is 16.1. The lowest BCUT2D eigenvalue weighted by Gasteiger charge is -2.08. The van der Waals surface area contributed by atoms with E-state index in [9.17, 15) is 4.79 Å². The maximum Gasteiger partial charge on any atom is 0.343 e. The summed E-state index contributed by atoms with van der Waals surface area (Å²) in [6, 6.07) is 13.2. The summed E-state index contributed by atoms with van der Waals surface area (Å²) >= 11 is 1.06. The van der Waals surface area contributed by atoms with E-state index < -0.39 is 5.97 Å². The van der Waals surface area contributed by atoms with Crippen molar-refractivity contribution >= 4 is 17.7 Å². The second-order valence-electron chi connectivity index (χ2n) is 4.86. The zero-order valence-electron chi connectivity index (χ0n) is 13.0. The van der Waals surface area contributed by atoms with E-state index in [0.29, 0.717) is 18.0 Å². The van der Waals surface area contributed by atoms with Gasteiger partial charge in [0, 0.05) is 12.6 Å². The van der Waals surface area contributed by atoms with Gasteiger partial charge in [0.2, 0.25) is 5.88 Å². The molecule has 0 saturated carbocycles. The number of hydrogen-bond acceptors (Lipinski definition) is 7. The van der Waals surface area contributed by atoms with Gasteiger partial charge >= 0.3 is 5.97 Å². The first-order valence-corrected chi connectivity index (χ1v) is 8.16. The molecule has 0 aliphatic carbocycles. The Bertz CT molecular complexity index is 821. The molecular formula is C17H15N3O3S. The van der Waals surface area contributed by atoms with Gasteiger partial charge in [0.25, 0.3) is 5.88 Å². The summed E-state index contributed by atoms with van der Waals surface area (Å²) in [6.45, 7) is 2.03. The van der Waals surface area contributed by atoms with E-state index in [1.165, 1.54) is 0 Å². The Kier molecular flexibility index (Phi) is 5.12. The SMILES string of the molecule is CCOC(=O)c1cccnc1Oc1nsnc1Cc1ccccc1. The Morgan fingerprint density at radius 1 is 1.08 bits per heavy atom. The maximum atomic E-state index is 12.0. The highest BCUT2D eigenvalue weighted by Crippen LogP contribution is 2.26. The highest BCUT2D eigenvalue weighted by Gasteiger charge is 2.18. The molecule has 0 aliphatic rings. The molecule has 122 valence electrons. The molecule has 0 unspecified atom stereocenters. The summed E-state index contributed by atoms with van der Waals surface area (Å²) < 4.78 is 19.2. The Morgan fingerprint density at radius 3 is 2.71 bits per heavy atom. The molecule has 7 heteroatoms. The summed E-state index contributed by atoms with van der Waals surface area (Å²) in [5.41, 5.74) is 2.06. The number of esters is 1. The monoisotopic (exact) mass is 341 g/mol. The lowest BCUT2D eigenvalue weighted by molar-refractivity contribution is 0.0522. The van der Waals surface area contributed by atoms with Crippen LogP contribution in [0.2, 0.25) is 0 Å². The Hall–Kier alpha value is -2.80. The van der Waals surface area contributed by atoms with Crippen LogP contribution in [-0.4, -0.2) is 26.3 Å². The van der Waals surface area contributed by atoms with Gasteiger partial charge in [-0.25, -0.2) is 9.78 Å². The number of benzene rings is 1. The molecule has 6 nitrogen and oxygen atoms in total. The number of ether oxygens (including phenoxy) is 2. The number of hydrogen-bond donors (Lipinski definition) is 0. The van der Waals surface area contributed by atoms with Crippen LogP contribution < -0.4 is 4.74 Å². The van der Waals surface area contributed by atoms with Gasteiger partial charge in [-0.05, 0) is 24.6 Å². The number of nitrogens with zero attached hydrogens (tertiary/aromatic N) is 3. The lowest BCUT2D eigenvalue weighted by Crippen LogP contribution is -2.07. The second kappa shape index (κ2) is 7.65. The fourth-order valence-electron chi connectivity index (χ4n) is 2.10. The Labute approximate surface area is 143 Å². The first-order chi connectivity index (χ1) is 11.8. The van der Waals surface area contributed by atoms with Crippen LogP contribution in [0.4, 0.5) is 0 Å². The van der Waals surface area contributed by atoms with E-state index in [1.54, 1.807) is 25.3 Å². The largest absolute Gasteiger partial charge is 0.462 e. The zero-order valence-corrected chi connectivity index (χ0v) is 13.8. The van der Waals surface area contributed by atoms with Crippen molar-refractivity contribution in [3.8, 4) is 11.8 Å². The quantitative estimate of drug-likeness (QED) is 0.639. The molecule has 2 heterocycles. The van der Waals surface area contributed by atoms with Crippen LogP contribution in [0.1, 0.15) is 28.5 Å². The molecule has 3 rings (SSSR count). The van der Waals surface area contributed by atoms with Crippen molar-refractivity contribution in [2.45, 2.75) is 13.3 Å².